The predicted molar refractivity (Wildman–Crippen MR) is 364 cm³/mol. The standard InChI is InChI=1S/C20H28N2.C18H24N2.2C15H10N.2C5H12O2.2Ir/c1-19(2)11-16(12-20(3,4)14-19)18-13-21(5)15-22(18)17-9-7-6-8-10-17;1-18(2)11-9-15(10-12-18)17-13-19(3)14-20(17)16-7-5-4-6-8-16;2*1-2-6-12(7-3-1)15-11-10-13-8-4-5-9-14(13)16-15;2*1-4(6)3-5(2)7;;/h6-9,13,15-16H,11-12,14H2,1-5H3;4-7,13-15H,9-12H2,1-3H3;2*1-6,8-11H;2*4-7H,3H2,1-2H3;;/q2*-2;2*-1;;;2*+3. The second-order valence-electron chi connectivity index (χ2n) is 26.7. The van der Waals surface area contributed by atoms with Gasteiger partial charge in [-0.3, -0.25) is 9.97 Å². The number of aliphatic hydroxyl groups is 4. The Kier molecular flexibility index (Phi) is 29.6. The van der Waals surface area contributed by atoms with Crippen LogP contribution in [0.1, 0.15) is 127 Å². The van der Waals surface area contributed by atoms with E-state index in [0.717, 1.165) is 44.9 Å². The van der Waals surface area contributed by atoms with Crippen LogP contribution in [0, 0.1) is 65.7 Å². The zero-order chi connectivity index (χ0) is 63.4. The Balaban J connectivity index is 0.000000203. The van der Waals surface area contributed by atoms with Gasteiger partial charge in [0.25, 0.3) is 0 Å². The van der Waals surface area contributed by atoms with Gasteiger partial charge in [0.1, 0.15) is 0 Å². The Bertz CT molecular complexity index is 3250. The Hall–Kier alpha value is -6.04. The first kappa shape index (κ1) is 74.7. The molecule has 2 aliphatic carbocycles. The Morgan fingerprint density at radius 2 is 0.811 bits per heavy atom. The first-order valence-corrected chi connectivity index (χ1v) is 31.4. The zero-order valence-electron chi connectivity index (χ0n) is 54.9. The number of pyridine rings is 2. The van der Waals surface area contributed by atoms with Crippen LogP contribution in [0.3, 0.4) is 0 Å². The number of para-hydroxylation sites is 4. The summed E-state index contributed by atoms with van der Waals surface area (Å²) in [7, 11) is 4.22. The van der Waals surface area contributed by atoms with E-state index in [9.17, 15) is 0 Å². The number of nitrogens with zero attached hydrogens (tertiary/aromatic N) is 6. The number of fused-ring (bicyclic) bond motifs is 2. The number of hydrogen-bond donors (Lipinski definition) is 4. The van der Waals surface area contributed by atoms with E-state index in [1.165, 1.54) is 67.1 Å². The maximum atomic E-state index is 8.56. The summed E-state index contributed by atoms with van der Waals surface area (Å²) in [6.45, 7) is 25.5. The minimum Gasteiger partial charge on any atom is -0.510 e. The van der Waals surface area contributed by atoms with Gasteiger partial charge in [-0.2, -0.15) is 74.0 Å². The van der Waals surface area contributed by atoms with Gasteiger partial charge in [-0.05, 0) is 174 Å². The van der Waals surface area contributed by atoms with E-state index >= 15 is 0 Å². The van der Waals surface area contributed by atoms with E-state index in [1.807, 2.05) is 121 Å². The normalized spacial score (nSPS) is 17.8. The molecule has 90 heavy (non-hydrogen) atoms. The summed E-state index contributed by atoms with van der Waals surface area (Å²) in [5.41, 5.74) is 12.5. The van der Waals surface area contributed by atoms with Crippen molar-refractivity contribution in [2.75, 3.05) is 23.9 Å². The number of aliphatic hydroxyl groups excluding tert-OH is 4. The van der Waals surface area contributed by atoms with Crippen molar-refractivity contribution >= 4 is 33.2 Å². The quantitative estimate of drug-likeness (QED) is 0.0986. The minimum atomic E-state index is -0.375. The van der Waals surface area contributed by atoms with Crippen molar-refractivity contribution < 1.29 is 60.6 Å². The van der Waals surface area contributed by atoms with Crippen LogP contribution in [0.25, 0.3) is 44.3 Å². The molecule has 480 valence electrons. The number of hydrogen-bond acceptors (Lipinski definition) is 10. The molecule has 2 fully saturated rings. The van der Waals surface area contributed by atoms with Gasteiger partial charge in [-0.25, -0.2) is 0 Å². The summed E-state index contributed by atoms with van der Waals surface area (Å²) in [6.07, 6.45) is 13.1. The summed E-state index contributed by atoms with van der Waals surface area (Å²) < 4.78 is 0. The number of aromatic nitrogens is 2. The van der Waals surface area contributed by atoms with E-state index in [1.54, 1.807) is 27.7 Å². The molecule has 0 amide bonds. The molecule has 2 aliphatic heterocycles. The molecule has 4 heterocycles. The molecule has 6 aromatic carbocycles. The fraction of sp³-hybridized carbons (Fsp3) is 0.385. The van der Waals surface area contributed by atoms with E-state index in [0.29, 0.717) is 40.9 Å². The van der Waals surface area contributed by atoms with E-state index in [-0.39, 0.29) is 64.6 Å². The third kappa shape index (κ3) is 23.9. The van der Waals surface area contributed by atoms with Crippen LogP contribution in [0.4, 0.5) is 11.4 Å². The van der Waals surface area contributed by atoms with Crippen LogP contribution in [-0.4, -0.2) is 78.7 Å². The summed E-state index contributed by atoms with van der Waals surface area (Å²) in [5, 5.41) is 36.6. The fourth-order valence-electron chi connectivity index (χ4n) is 12.5. The third-order valence-corrected chi connectivity index (χ3v) is 16.0. The van der Waals surface area contributed by atoms with E-state index < -0.39 is 0 Å². The van der Waals surface area contributed by atoms with Gasteiger partial charge >= 0.3 is 40.2 Å². The molecule has 0 saturated heterocycles. The van der Waals surface area contributed by atoms with Crippen molar-refractivity contribution in [3.8, 4) is 22.5 Å². The van der Waals surface area contributed by atoms with Gasteiger partial charge < -0.3 is 40.0 Å². The predicted octanol–water partition coefficient (Wildman–Crippen LogP) is 17.1. The molecular weight excluding hydrogens is 1470 g/mol. The molecule has 4 unspecified atom stereocenters. The maximum absolute atomic E-state index is 8.56. The molecule has 10 nitrogen and oxygen atoms in total. The second-order valence-corrected chi connectivity index (χ2v) is 26.7. The Morgan fingerprint density at radius 3 is 1.16 bits per heavy atom. The van der Waals surface area contributed by atoms with Gasteiger partial charge in [0.2, 0.25) is 0 Å². The van der Waals surface area contributed by atoms with Crippen LogP contribution >= 0.6 is 0 Å². The van der Waals surface area contributed by atoms with Gasteiger partial charge in [0.15, 0.2) is 0 Å². The molecule has 0 radical (unpaired) electrons. The smallest absolute Gasteiger partial charge is 0.510 e. The van der Waals surface area contributed by atoms with Crippen LogP contribution in [0.15, 0.2) is 194 Å². The molecular formula is C78H96Ir2N6O4. The van der Waals surface area contributed by atoms with Gasteiger partial charge in [-0.1, -0.05) is 102 Å². The average molecular weight is 1570 g/mol. The molecule has 2 aromatic heterocycles. The van der Waals surface area contributed by atoms with Crippen LogP contribution in [0.2, 0.25) is 0 Å². The molecule has 2 saturated carbocycles. The molecule has 0 bridgehead atoms. The second kappa shape index (κ2) is 35.7. The van der Waals surface area contributed by atoms with Crippen molar-refractivity contribution in [1.82, 2.24) is 19.8 Å². The number of benzene rings is 6. The van der Waals surface area contributed by atoms with Crippen LogP contribution in [0.5, 0.6) is 0 Å². The van der Waals surface area contributed by atoms with Crippen LogP contribution < -0.4 is 9.80 Å². The monoisotopic (exact) mass is 1570 g/mol. The molecule has 12 rings (SSSR count). The van der Waals surface area contributed by atoms with Crippen LogP contribution in [-0.2, 0) is 40.2 Å². The van der Waals surface area contributed by atoms with Crippen molar-refractivity contribution in [3.63, 3.8) is 0 Å². The zero-order valence-corrected chi connectivity index (χ0v) is 59.7. The third-order valence-electron chi connectivity index (χ3n) is 16.0. The molecule has 4 aliphatic rings. The minimum absolute atomic E-state index is 0. The van der Waals surface area contributed by atoms with E-state index in [4.69, 9.17) is 20.4 Å². The molecule has 8 aromatic rings. The van der Waals surface area contributed by atoms with Gasteiger partial charge in [0, 0.05) is 11.4 Å². The van der Waals surface area contributed by atoms with Gasteiger partial charge in [0.05, 0.1) is 35.4 Å². The first-order chi connectivity index (χ1) is 41.9. The number of anilines is 2. The summed E-state index contributed by atoms with van der Waals surface area (Å²) >= 11 is 0. The van der Waals surface area contributed by atoms with Crippen molar-refractivity contribution in [2.24, 2.45) is 28.1 Å². The van der Waals surface area contributed by atoms with Crippen molar-refractivity contribution in [2.45, 2.75) is 151 Å². The van der Waals surface area contributed by atoms with Crippen molar-refractivity contribution in [1.29, 1.82) is 0 Å². The van der Waals surface area contributed by atoms with E-state index in [2.05, 4.69) is 184 Å². The first-order valence-electron chi connectivity index (χ1n) is 31.4. The molecule has 4 atom stereocenters. The topological polar surface area (TPSA) is 120 Å². The Morgan fingerprint density at radius 1 is 0.456 bits per heavy atom. The number of rotatable bonds is 10. The number of allylic oxidation sites excluding steroid dienone is 2. The molecule has 0 spiro atoms. The molecule has 12 heteroatoms. The molecule has 4 N–H and O–H groups in total. The fourth-order valence-corrected chi connectivity index (χ4v) is 12.5. The van der Waals surface area contributed by atoms with Gasteiger partial charge in [-0.15, -0.1) is 83.2 Å². The Labute approximate surface area is 566 Å². The largest absolute Gasteiger partial charge is 3.00 e. The average Bonchev–Trinajstić information content (AvgIpc) is 1.57. The summed E-state index contributed by atoms with van der Waals surface area (Å²) in [5.74, 6) is 1.28. The summed E-state index contributed by atoms with van der Waals surface area (Å²) in [6, 6.07) is 69.9. The summed E-state index contributed by atoms with van der Waals surface area (Å²) in [4.78, 5) is 18.2. The maximum Gasteiger partial charge on any atom is 3.00 e. The SMILES string of the molecule is CC(O)CC(C)O.CC(O)CC(C)O.CN1C=C(C2CC(C)(C)CC(C)(C)C2)N(c2[c-]cccc2)[CH-]1.CN1C=C(C2CCC(C)(C)CC2)N(c2[c-]cccc2)[CH-]1.[Ir+3].[Ir+3].[c-]1ccccc1-c1ccc2ccccc2n1.[c-]1ccccc1-c1ccc2ccccc2n1. The van der Waals surface area contributed by atoms with Crippen molar-refractivity contribution in [3.05, 3.63) is 231 Å².